The molecule has 1 aliphatic rings. The van der Waals surface area contributed by atoms with Crippen molar-refractivity contribution < 1.29 is 4.79 Å². The third kappa shape index (κ3) is 1.44. The zero-order chi connectivity index (χ0) is 9.42. The molecule has 0 amide bonds. The average molecular weight is 197 g/mol. The summed E-state index contributed by atoms with van der Waals surface area (Å²) in [5.74, 6) is 0.0708. The maximum absolute atomic E-state index is 10.6. The fourth-order valence-electron chi connectivity index (χ4n) is 1.73. The van der Waals surface area contributed by atoms with Crippen LogP contribution in [0.5, 0.6) is 0 Å². The molecule has 1 aliphatic carbocycles. The first-order chi connectivity index (χ1) is 6.20. The molecule has 0 spiro atoms. The van der Waals surface area contributed by atoms with Crippen molar-refractivity contribution in [2.75, 3.05) is 0 Å². The van der Waals surface area contributed by atoms with E-state index in [1.807, 2.05) is 6.92 Å². The lowest BCUT2D eigenvalue weighted by Gasteiger charge is -2.01. The summed E-state index contributed by atoms with van der Waals surface area (Å²) in [4.78, 5) is 18.8. The Morgan fingerprint density at radius 2 is 2.23 bits per heavy atom. The maximum Gasteiger partial charge on any atom is 0.222 e. The van der Waals surface area contributed by atoms with E-state index in [9.17, 15) is 4.79 Å². The SMILES string of the molecule is Cc1nc(Cl)nc2c1CC(C=O)C2. The molecule has 0 N–H and O–H groups in total. The molecule has 13 heavy (non-hydrogen) atoms. The Balaban J connectivity index is 2.45. The highest BCUT2D eigenvalue weighted by molar-refractivity contribution is 6.28. The largest absolute Gasteiger partial charge is 0.303 e. The standard InChI is InChI=1S/C9H9ClN2O/c1-5-7-2-6(4-13)3-8(7)12-9(10)11-5/h4,6H,2-3H2,1H3. The lowest BCUT2D eigenvalue weighted by molar-refractivity contribution is -0.110. The van der Waals surface area contributed by atoms with E-state index in [-0.39, 0.29) is 11.2 Å². The Hall–Kier alpha value is -0.960. The van der Waals surface area contributed by atoms with Gasteiger partial charge in [0.2, 0.25) is 5.28 Å². The van der Waals surface area contributed by atoms with E-state index in [0.29, 0.717) is 6.42 Å². The average Bonchev–Trinajstić information content (AvgIpc) is 2.47. The minimum Gasteiger partial charge on any atom is -0.303 e. The Morgan fingerprint density at radius 1 is 1.46 bits per heavy atom. The lowest BCUT2D eigenvalue weighted by Crippen LogP contribution is -1.99. The summed E-state index contributed by atoms with van der Waals surface area (Å²) in [6, 6.07) is 0. The van der Waals surface area contributed by atoms with Gasteiger partial charge in [0, 0.05) is 17.3 Å². The summed E-state index contributed by atoms with van der Waals surface area (Å²) in [5, 5.41) is 0.280. The summed E-state index contributed by atoms with van der Waals surface area (Å²) in [5.41, 5.74) is 2.94. The van der Waals surface area contributed by atoms with E-state index in [1.165, 1.54) is 0 Å². The van der Waals surface area contributed by atoms with Gasteiger partial charge in [-0.05, 0) is 36.9 Å². The van der Waals surface area contributed by atoms with Gasteiger partial charge in [0.05, 0.1) is 0 Å². The van der Waals surface area contributed by atoms with Gasteiger partial charge in [-0.25, -0.2) is 9.97 Å². The second kappa shape index (κ2) is 3.07. The van der Waals surface area contributed by atoms with Crippen molar-refractivity contribution in [1.82, 2.24) is 9.97 Å². The molecular formula is C9H9ClN2O. The monoisotopic (exact) mass is 196 g/mol. The third-order valence-electron chi connectivity index (χ3n) is 2.39. The lowest BCUT2D eigenvalue weighted by atomic mass is 10.1. The number of aryl methyl sites for hydroxylation is 1. The van der Waals surface area contributed by atoms with E-state index >= 15 is 0 Å². The number of aromatic nitrogens is 2. The number of carbonyl (C=O) groups excluding carboxylic acids is 1. The molecule has 4 heteroatoms. The van der Waals surface area contributed by atoms with Crippen LogP contribution in [0.3, 0.4) is 0 Å². The predicted molar refractivity (Wildman–Crippen MR) is 48.7 cm³/mol. The number of nitrogens with zero attached hydrogens (tertiary/aromatic N) is 2. The Morgan fingerprint density at radius 3 is 2.92 bits per heavy atom. The van der Waals surface area contributed by atoms with Crippen LogP contribution in [0.4, 0.5) is 0 Å². The Labute approximate surface area is 81.2 Å². The van der Waals surface area contributed by atoms with Crippen LogP contribution in [0.15, 0.2) is 0 Å². The minimum absolute atomic E-state index is 0.0708. The molecule has 0 saturated carbocycles. The van der Waals surface area contributed by atoms with Crippen LogP contribution in [0.1, 0.15) is 17.0 Å². The van der Waals surface area contributed by atoms with Crippen LogP contribution in [0.25, 0.3) is 0 Å². The molecule has 0 aromatic carbocycles. The normalized spacial score (nSPS) is 20.0. The molecule has 0 radical (unpaired) electrons. The van der Waals surface area contributed by atoms with Gasteiger partial charge in [-0.15, -0.1) is 0 Å². The zero-order valence-electron chi connectivity index (χ0n) is 7.25. The molecule has 1 atom stereocenters. The van der Waals surface area contributed by atoms with Crippen molar-refractivity contribution >= 4 is 17.9 Å². The number of hydrogen-bond acceptors (Lipinski definition) is 3. The van der Waals surface area contributed by atoms with Crippen LogP contribution in [0.2, 0.25) is 5.28 Å². The number of carbonyl (C=O) groups is 1. The van der Waals surface area contributed by atoms with E-state index < -0.39 is 0 Å². The van der Waals surface area contributed by atoms with Crippen molar-refractivity contribution in [3.63, 3.8) is 0 Å². The fourth-order valence-corrected chi connectivity index (χ4v) is 1.96. The quantitative estimate of drug-likeness (QED) is 0.503. The van der Waals surface area contributed by atoms with Crippen LogP contribution in [-0.4, -0.2) is 16.3 Å². The summed E-state index contributed by atoms with van der Waals surface area (Å²) < 4.78 is 0. The van der Waals surface area contributed by atoms with Crippen LogP contribution >= 0.6 is 11.6 Å². The van der Waals surface area contributed by atoms with Crippen molar-refractivity contribution in [2.24, 2.45) is 5.92 Å². The summed E-state index contributed by atoms with van der Waals surface area (Å²) >= 11 is 5.71. The molecule has 3 nitrogen and oxygen atoms in total. The molecule has 1 heterocycles. The molecule has 0 bridgehead atoms. The Kier molecular flexibility index (Phi) is 2.04. The summed E-state index contributed by atoms with van der Waals surface area (Å²) in [6.45, 7) is 1.90. The number of aldehydes is 1. The second-order valence-electron chi connectivity index (χ2n) is 3.31. The van der Waals surface area contributed by atoms with Gasteiger partial charge in [-0.3, -0.25) is 0 Å². The minimum atomic E-state index is 0.0708. The molecule has 68 valence electrons. The van der Waals surface area contributed by atoms with Crippen molar-refractivity contribution in [3.8, 4) is 0 Å². The van der Waals surface area contributed by atoms with Gasteiger partial charge >= 0.3 is 0 Å². The van der Waals surface area contributed by atoms with Gasteiger partial charge in [0.15, 0.2) is 0 Å². The number of rotatable bonds is 1. The van der Waals surface area contributed by atoms with Crippen molar-refractivity contribution in [3.05, 3.63) is 22.2 Å². The molecule has 1 aromatic heterocycles. The van der Waals surface area contributed by atoms with Gasteiger partial charge in [-0.2, -0.15) is 0 Å². The zero-order valence-corrected chi connectivity index (χ0v) is 8.01. The molecule has 1 aromatic rings. The molecule has 0 saturated heterocycles. The van der Waals surface area contributed by atoms with Crippen molar-refractivity contribution in [1.29, 1.82) is 0 Å². The van der Waals surface area contributed by atoms with Gasteiger partial charge in [0.1, 0.15) is 6.29 Å². The van der Waals surface area contributed by atoms with Crippen LogP contribution in [0, 0.1) is 12.8 Å². The first-order valence-corrected chi connectivity index (χ1v) is 4.55. The smallest absolute Gasteiger partial charge is 0.222 e. The predicted octanol–water partition coefficient (Wildman–Crippen LogP) is 1.35. The van der Waals surface area contributed by atoms with E-state index in [2.05, 4.69) is 9.97 Å². The van der Waals surface area contributed by atoms with Gasteiger partial charge in [0.25, 0.3) is 0 Å². The molecule has 0 aliphatic heterocycles. The van der Waals surface area contributed by atoms with Crippen molar-refractivity contribution in [2.45, 2.75) is 19.8 Å². The van der Waals surface area contributed by atoms with Crippen LogP contribution < -0.4 is 0 Å². The second-order valence-corrected chi connectivity index (χ2v) is 3.65. The summed E-state index contributed by atoms with van der Waals surface area (Å²) in [6.07, 6.45) is 2.46. The van der Waals surface area contributed by atoms with Crippen LogP contribution in [-0.2, 0) is 17.6 Å². The first kappa shape index (κ1) is 8.63. The van der Waals surface area contributed by atoms with Gasteiger partial charge in [-0.1, -0.05) is 0 Å². The summed E-state index contributed by atoms with van der Waals surface area (Å²) in [7, 11) is 0. The molecular weight excluding hydrogens is 188 g/mol. The van der Waals surface area contributed by atoms with Gasteiger partial charge < -0.3 is 4.79 Å². The molecule has 2 rings (SSSR count). The topological polar surface area (TPSA) is 42.9 Å². The van der Waals surface area contributed by atoms with E-state index in [1.54, 1.807) is 0 Å². The highest BCUT2D eigenvalue weighted by atomic mass is 35.5. The Bertz CT molecular complexity index is 365. The van der Waals surface area contributed by atoms with E-state index in [0.717, 1.165) is 29.7 Å². The highest BCUT2D eigenvalue weighted by Gasteiger charge is 2.24. The molecule has 0 fully saturated rings. The number of halogens is 1. The first-order valence-electron chi connectivity index (χ1n) is 4.18. The fraction of sp³-hybridized carbons (Fsp3) is 0.444. The highest BCUT2D eigenvalue weighted by Crippen LogP contribution is 2.26. The number of hydrogen-bond donors (Lipinski definition) is 0. The van der Waals surface area contributed by atoms with E-state index in [4.69, 9.17) is 11.6 Å². The third-order valence-corrected chi connectivity index (χ3v) is 2.56. The maximum atomic E-state index is 10.6. The molecule has 1 unspecified atom stereocenters. The number of fused-ring (bicyclic) bond motifs is 1.